The average Bonchev–Trinajstić information content (AvgIpc) is 2.55. The van der Waals surface area contributed by atoms with Gasteiger partial charge in [0.15, 0.2) is 11.5 Å². The summed E-state index contributed by atoms with van der Waals surface area (Å²) in [7, 11) is 1.51. The lowest BCUT2D eigenvalue weighted by Gasteiger charge is -2.02. The number of carbonyl (C=O) groups excluding carboxylic acids is 1. The number of aromatic hydroxyl groups is 2. The predicted molar refractivity (Wildman–Crippen MR) is 82.8 cm³/mol. The van der Waals surface area contributed by atoms with E-state index >= 15 is 0 Å². The van der Waals surface area contributed by atoms with Gasteiger partial charge < -0.3 is 14.9 Å². The number of ether oxygens (including phenoxy) is 1. The van der Waals surface area contributed by atoms with Crippen LogP contribution >= 0.6 is 0 Å². The zero-order valence-corrected chi connectivity index (χ0v) is 12.1. The highest BCUT2D eigenvalue weighted by molar-refractivity contribution is 6.06. The van der Waals surface area contributed by atoms with Crippen LogP contribution in [0, 0.1) is 10.1 Å². The standard InChI is InChI=1S/C16H13NO6/c1-23-12-5-3-11(4-6-12)14(18)7-2-10-8-13(17(21)22)16(20)15(19)9-10/h2-9,19-20H,1H3/b7-2+. The molecule has 0 aliphatic heterocycles. The number of carbonyl (C=O) groups is 1. The highest BCUT2D eigenvalue weighted by Crippen LogP contribution is 2.36. The first-order valence-corrected chi connectivity index (χ1v) is 6.49. The van der Waals surface area contributed by atoms with E-state index in [0.29, 0.717) is 11.3 Å². The molecule has 0 heterocycles. The van der Waals surface area contributed by atoms with Gasteiger partial charge in [-0.3, -0.25) is 14.9 Å². The number of phenols is 2. The van der Waals surface area contributed by atoms with Gasteiger partial charge in [-0.25, -0.2) is 0 Å². The number of benzene rings is 2. The van der Waals surface area contributed by atoms with Gasteiger partial charge >= 0.3 is 5.69 Å². The molecule has 0 aromatic heterocycles. The lowest BCUT2D eigenvalue weighted by atomic mass is 10.1. The first-order valence-electron chi connectivity index (χ1n) is 6.49. The third-order valence-corrected chi connectivity index (χ3v) is 3.09. The fourth-order valence-corrected chi connectivity index (χ4v) is 1.88. The van der Waals surface area contributed by atoms with Crippen molar-refractivity contribution in [2.75, 3.05) is 7.11 Å². The van der Waals surface area contributed by atoms with Gasteiger partial charge in [-0.1, -0.05) is 6.08 Å². The number of methoxy groups -OCH3 is 1. The molecule has 0 fully saturated rings. The number of nitro benzene ring substituents is 1. The summed E-state index contributed by atoms with van der Waals surface area (Å²) in [5, 5.41) is 29.7. The minimum absolute atomic E-state index is 0.217. The minimum atomic E-state index is -0.822. The Morgan fingerprint density at radius 1 is 1.22 bits per heavy atom. The molecule has 7 nitrogen and oxygen atoms in total. The molecule has 0 atom stereocenters. The number of hydrogen-bond acceptors (Lipinski definition) is 6. The van der Waals surface area contributed by atoms with Gasteiger partial charge in [0.1, 0.15) is 5.75 Å². The largest absolute Gasteiger partial charge is 0.504 e. The van der Waals surface area contributed by atoms with E-state index in [9.17, 15) is 25.1 Å². The second-order valence-corrected chi connectivity index (χ2v) is 4.59. The highest BCUT2D eigenvalue weighted by Gasteiger charge is 2.18. The Hall–Kier alpha value is -3.35. The summed E-state index contributed by atoms with van der Waals surface area (Å²) in [5.74, 6) is -1.14. The van der Waals surface area contributed by atoms with Crippen molar-refractivity contribution < 1.29 is 24.7 Å². The van der Waals surface area contributed by atoms with Crippen molar-refractivity contribution >= 4 is 17.5 Å². The fraction of sp³-hybridized carbons (Fsp3) is 0.0625. The van der Waals surface area contributed by atoms with Gasteiger partial charge in [0.2, 0.25) is 5.75 Å². The zero-order chi connectivity index (χ0) is 17.0. The molecule has 2 aromatic carbocycles. The van der Waals surface area contributed by atoms with Crippen LogP contribution in [0.1, 0.15) is 15.9 Å². The predicted octanol–water partition coefficient (Wildman–Crippen LogP) is 2.91. The van der Waals surface area contributed by atoms with E-state index in [0.717, 1.165) is 12.1 Å². The molecule has 23 heavy (non-hydrogen) atoms. The summed E-state index contributed by atoms with van der Waals surface area (Å²) >= 11 is 0. The van der Waals surface area contributed by atoms with Crippen molar-refractivity contribution in [3.63, 3.8) is 0 Å². The number of nitro groups is 1. The molecule has 0 unspecified atom stereocenters. The molecule has 2 aromatic rings. The van der Waals surface area contributed by atoms with E-state index in [-0.39, 0.29) is 11.3 Å². The van der Waals surface area contributed by atoms with Gasteiger partial charge in [-0.15, -0.1) is 0 Å². The number of phenolic OH excluding ortho intramolecular Hbond substituents is 2. The maximum atomic E-state index is 12.0. The summed E-state index contributed by atoms with van der Waals surface area (Å²) in [6.45, 7) is 0. The maximum absolute atomic E-state index is 12.0. The topological polar surface area (TPSA) is 110 Å². The smallest absolute Gasteiger partial charge is 0.315 e. The molecule has 0 aliphatic carbocycles. The molecule has 0 radical (unpaired) electrons. The average molecular weight is 315 g/mol. The number of rotatable bonds is 5. The normalized spacial score (nSPS) is 10.7. The second kappa shape index (κ2) is 6.61. The minimum Gasteiger partial charge on any atom is -0.504 e. The van der Waals surface area contributed by atoms with Crippen LogP contribution in [-0.2, 0) is 0 Å². The molecule has 0 saturated carbocycles. The molecule has 7 heteroatoms. The van der Waals surface area contributed by atoms with Crippen LogP contribution in [0.2, 0.25) is 0 Å². The van der Waals surface area contributed by atoms with Gasteiger partial charge in [0.25, 0.3) is 0 Å². The Morgan fingerprint density at radius 2 is 1.87 bits per heavy atom. The molecule has 0 amide bonds. The monoisotopic (exact) mass is 315 g/mol. The van der Waals surface area contributed by atoms with Crippen molar-refractivity contribution in [2.45, 2.75) is 0 Å². The van der Waals surface area contributed by atoms with E-state index in [4.69, 9.17) is 4.74 Å². The van der Waals surface area contributed by atoms with E-state index < -0.39 is 22.1 Å². The summed E-state index contributed by atoms with van der Waals surface area (Å²) in [6, 6.07) is 8.63. The van der Waals surface area contributed by atoms with Crippen molar-refractivity contribution in [2.24, 2.45) is 0 Å². The van der Waals surface area contributed by atoms with E-state index in [1.165, 1.54) is 19.3 Å². The van der Waals surface area contributed by atoms with Crippen LogP contribution in [0.3, 0.4) is 0 Å². The van der Waals surface area contributed by atoms with Crippen molar-refractivity contribution in [1.82, 2.24) is 0 Å². The first-order chi connectivity index (χ1) is 10.9. The Morgan fingerprint density at radius 3 is 2.43 bits per heavy atom. The molecule has 0 aliphatic rings. The van der Waals surface area contributed by atoms with Crippen molar-refractivity contribution in [3.8, 4) is 17.2 Å². The third kappa shape index (κ3) is 3.65. The number of ketones is 1. The summed E-state index contributed by atoms with van der Waals surface area (Å²) < 4.78 is 4.99. The van der Waals surface area contributed by atoms with Crippen LogP contribution < -0.4 is 4.74 Å². The van der Waals surface area contributed by atoms with Crippen LogP contribution in [-0.4, -0.2) is 28.0 Å². The molecule has 118 valence electrons. The Bertz CT molecular complexity index is 780. The van der Waals surface area contributed by atoms with E-state index in [1.54, 1.807) is 24.3 Å². The summed E-state index contributed by atoms with van der Waals surface area (Å²) in [5.41, 5.74) is -0.00467. The number of nitrogens with zero attached hydrogens (tertiary/aromatic N) is 1. The zero-order valence-electron chi connectivity index (χ0n) is 12.1. The third-order valence-electron chi connectivity index (χ3n) is 3.09. The lowest BCUT2D eigenvalue weighted by molar-refractivity contribution is -0.386. The van der Waals surface area contributed by atoms with Gasteiger partial charge in [0.05, 0.1) is 12.0 Å². The van der Waals surface area contributed by atoms with Crippen LogP contribution in [0.5, 0.6) is 17.2 Å². The van der Waals surface area contributed by atoms with E-state index in [1.807, 2.05) is 0 Å². The number of allylic oxidation sites excluding steroid dienone is 1. The first kappa shape index (κ1) is 16.0. The molecule has 0 saturated heterocycles. The number of hydrogen-bond donors (Lipinski definition) is 2. The quantitative estimate of drug-likeness (QED) is 0.288. The molecule has 2 rings (SSSR count). The summed E-state index contributed by atoms with van der Waals surface area (Å²) in [4.78, 5) is 22.0. The molecule has 0 bridgehead atoms. The van der Waals surface area contributed by atoms with Gasteiger partial charge in [-0.2, -0.15) is 0 Å². The Balaban J connectivity index is 2.25. The Labute approximate surface area is 131 Å². The second-order valence-electron chi connectivity index (χ2n) is 4.59. The lowest BCUT2D eigenvalue weighted by Crippen LogP contribution is -1.94. The van der Waals surface area contributed by atoms with Gasteiger partial charge in [0, 0.05) is 11.6 Å². The van der Waals surface area contributed by atoms with Crippen LogP contribution in [0.25, 0.3) is 6.08 Å². The molecule has 0 spiro atoms. The molecular formula is C16H13NO6. The molecular weight excluding hydrogens is 302 g/mol. The summed E-state index contributed by atoms with van der Waals surface area (Å²) in [6.07, 6.45) is 2.54. The van der Waals surface area contributed by atoms with Crippen LogP contribution in [0.15, 0.2) is 42.5 Å². The van der Waals surface area contributed by atoms with Gasteiger partial charge in [-0.05, 0) is 42.0 Å². The Kier molecular flexibility index (Phi) is 4.61. The van der Waals surface area contributed by atoms with Crippen molar-refractivity contribution in [3.05, 3.63) is 63.7 Å². The maximum Gasteiger partial charge on any atom is 0.315 e. The SMILES string of the molecule is COc1ccc(C(=O)/C=C/c2cc(O)c(O)c([N+](=O)[O-])c2)cc1. The fourth-order valence-electron chi connectivity index (χ4n) is 1.88. The highest BCUT2D eigenvalue weighted by atomic mass is 16.6. The molecule has 2 N–H and O–H groups in total. The van der Waals surface area contributed by atoms with Crippen LogP contribution in [0.4, 0.5) is 5.69 Å². The van der Waals surface area contributed by atoms with E-state index in [2.05, 4.69) is 0 Å². The van der Waals surface area contributed by atoms with Crippen molar-refractivity contribution in [1.29, 1.82) is 0 Å².